The molecular weight excluding hydrogens is 1510 g/mol. The number of rotatable bonds is 5. The third-order valence-electron chi connectivity index (χ3n) is 11.9. The Labute approximate surface area is 533 Å². The number of aromatic nitrogens is 2. The number of aromatic hydroxyl groups is 1. The molecule has 7 aromatic carbocycles. The summed E-state index contributed by atoms with van der Waals surface area (Å²) in [5.41, 5.74) is 17.8. The van der Waals surface area contributed by atoms with E-state index in [1.54, 1.807) is 0 Å². The zero-order valence-electron chi connectivity index (χ0n) is 50.0. The molecule has 0 atom stereocenters. The molecule has 0 spiro atoms. The maximum atomic E-state index is 10.9. The van der Waals surface area contributed by atoms with Gasteiger partial charge >= 0.3 is 218 Å². The summed E-state index contributed by atoms with van der Waals surface area (Å²) in [6.45, 7) is 33.6. The van der Waals surface area contributed by atoms with Crippen LogP contribution in [0.2, 0.25) is 20.1 Å². The number of aryl methyl sites for hydroxylation is 10. The Morgan fingerprint density at radius 1 is 0.476 bits per heavy atom. The van der Waals surface area contributed by atoms with Crippen LogP contribution in [-0.2, 0) is 35.8 Å². The molecule has 0 saturated heterocycles. The number of aliphatic hydroxyl groups excluding tert-OH is 1. The van der Waals surface area contributed by atoms with Crippen LogP contribution in [-0.4, -0.2) is 19.0 Å². The molecule has 82 heavy (non-hydrogen) atoms. The molecule has 2 aromatic heterocycles. The maximum absolute atomic E-state index is 10.9. The van der Waals surface area contributed by atoms with Crippen molar-refractivity contribution in [3.63, 3.8) is 0 Å². The van der Waals surface area contributed by atoms with E-state index in [1.807, 2.05) is 137 Å². The van der Waals surface area contributed by atoms with Gasteiger partial charge in [-0.1, -0.05) is 142 Å². The maximum Gasteiger partial charge on any atom is 0.138 e. The molecule has 2 heterocycles. The first-order chi connectivity index (χ1) is 38.5. The van der Waals surface area contributed by atoms with Crippen LogP contribution in [0.3, 0.4) is 0 Å². The average Bonchev–Trinajstić information content (AvgIpc) is 4.13. The second-order valence-corrected chi connectivity index (χ2v) is 29.2. The zero-order chi connectivity index (χ0) is 61.1. The Hall–Kier alpha value is -4.52. The molecule has 0 unspecified atom stereocenters. The number of phenols is 1. The van der Waals surface area contributed by atoms with Gasteiger partial charge in [-0.05, 0) is 113 Å². The summed E-state index contributed by atoms with van der Waals surface area (Å²) in [5, 5.41) is 25.6. The smallest absolute Gasteiger partial charge is 0.138 e. The fourth-order valence-corrected chi connectivity index (χ4v) is 15.3. The summed E-state index contributed by atoms with van der Waals surface area (Å²) in [4.78, 5) is 8.22. The van der Waals surface area contributed by atoms with Crippen molar-refractivity contribution in [2.45, 2.75) is 117 Å². The molecule has 434 valence electrons. The molecule has 0 bridgehead atoms. The van der Waals surface area contributed by atoms with Gasteiger partial charge in [-0.15, -0.1) is 0 Å². The summed E-state index contributed by atoms with van der Waals surface area (Å²) in [6, 6.07) is 47.6. The van der Waals surface area contributed by atoms with Crippen LogP contribution < -0.4 is 9.97 Å². The van der Waals surface area contributed by atoms with Gasteiger partial charge in [-0.3, -0.25) is 0 Å². The minimum atomic E-state index is -0.850. The van der Waals surface area contributed by atoms with Crippen molar-refractivity contribution in [1.82, 2.24) is 9.97 Å². The zero-order valence-corrected chi connectivity index (χ0v) is 60.5. The van der Waals surface area contributed by atoms with Gasteiger partial charge in [-0.2, -0.15) is 22.8 Å². The van der Waals surface area contributed by atoms with E-state index in [1.165, 1.54) is 11.1 Å². The van der Waals surface area contributed by atoms with Crippen LogP contribution in [0.5, 0.6) is 5.75 Å². The molecule has 0 saturated carbocycles. The number of hydrogen-bond donors (Lipinski definition) is 2. The van der Waals surface area contributed by atoms with E-state index in [0.717, 1.165) is 93.9 Å². The predicted molar refractivity (Wildman–Crippen MR) is 351 cm³/mol. The Morgan fingerprint density at radius 2 is 0.829 bits per heavy atom. The van der Waals surface area contributed by atoms with E-state index in [2.05, 4.69) is 161 Å². The number of hydrogen-bond acceptors (Lipinski definition) is 4. The molecule has 9 aromatic rings. The molecule has 0 radical (unpaired) electrons. The van der Waals surface area contributed by atoms with E-state index in [0.29, 0.717) is 25.8 Å². The van der Waals surface area contributed by atoms with Crippen molar-refractivity contribution in [3.05, 3.63) is 237 Å². The molecule has 0 aliphatic carbocycles. The first-order valence-electron chi connectivity index (χ1n) is 26.7. The van der Waals surface area contributed by atoms with Gasteiger partial charge in [0.2, 0.25) is 0 Å². The molecule has 6 nitrogen and oxygen atoms in total. The van der Waals surface area contributed by atoms with Crippen LogP contribution in [0.25, 0.3) is 21.9 Å². The van der Waals surface area contributed by atoms with Gasteiger partial charge in [0.15, 0.2) is 0 Å². The molecule has 0 aliphatic rings. The van der Waals surface area contributed by atoms with Crippen molar-refractivity contribution >= 4 is 93.3 Å². The topological polar surface area (TPSA) is 93.4 Å². The number of nitrogens with zero attached hydrogens (tertiary/aromatic N) is 4. The molecule has 0 aliphatic heterocycles. The first kappa shape index (κ1) is 70.0. The van der Waals surface area contributed by atoms with E-state index in [4.69, 9.17) is 46.4 Å². The minimum Gasteiger partial charge on any atom is -0.665 e. The molecule has 2 N–H and O–H groups in total. The van der Waals surface area contributed by atoms with E-state index in [-0.39, 0.29) is 10.8 Å². The predicted octanol–water partition coefficient (Wildman–Crippen LogP) is 21.6. The largest absolute Gasteiger partial charge is 0.665 e. The monoisotopic (exact) mass is 1580 g/mol. The first-order valence-corrected chi connectivity index (χ1v) is 35.0. The SMILES string of the molecule is CC(C)(C)[CH]=[W]=[N]c1c(Cl)cccc1Cl.CC(C)(C)[CH]=[W]=[N]c1c(Cl)cccc1Cl.Cc1cc(C)c(C(O)c2c(C)cc(C)cc2C)c(C)c1.Cc1ccc(C)[n-]1.Cc1ccc(C)[n-]1.Oc1c(Br)ccc2cccc(-c3ccccc3)c12. The Bertz CT molecular complexity index is 3400. The second kappa shape index (κ2) is 33.2. The standard InChI is InChI=1S/C19H24O.C16H11BrO.2C6H3Cl2N.2C6H8N.2C5H10.2W/c1-11-7-13(3)17(14(4)8-11)19(20)18-15(5)9-12(2)10-16(18)6;17-14-10-9-12-7-4-8-13(15(12)16(14)18)11-5-2-1-3-6-11;2*7-4-2-1-3-5(8)6(4)9;2*1-5-3-4-6(2)7-5;2*1-5(2,3)4;;/h7-10,19-20H,1-6H3;1-10,18H;2*1-3H;2*3-4H,1-2H3;2*1H,2-4H3;;/q;;;;2*-1;;;;. The molecule has 13 heteroatoms. The fourth-order valence-electron chi connectivity index (χ4n) is 8.40. The second-order valence-electron chi connectivity index (χ2n) is 22.2. The van der Waals surface area contributed by atoms with Crippen molar-refractivity contribution in [1.29, 1.82) is 0 Å². The summed E-state index contributed by atoms with van der Waals surface area (Å²) >= 11 is 25.7. The Balaban J connectivity index is 0.000000219. The van der Waals surface area contributed by atoms with E-state index >= 15 is 0 Å². The molecule has 0 fully saturated rings. The van der Waals surface area contributed by atoms with Gasteiger partial charge in [0.05, 0.1) is 4.47 Å². The van der Waals surface area contributed by atoms with E-state index in [9.17, 15) is 10.2 Å². The minimum absolute atomic E-state index is 0.238. The quantitative estimate of drug-likeness (QED) is 0.180. The van der Waals surface area contributed by atoms with Crippen molar-refractivity contribution in [2.24, 2.45) is 17.8 Å². The molecule has 9 rings (SSSR count). The van der Waals surface area contributed by atoms with Crippen LogP contribution in [0.1, 0.15) is 115 Å². The van der Waals surface area contributed by atoms with Gasteiger partial charge in [0, 0.05) is 5.39 Å². The molecule has 0 amide bonds. The van der Waals surface area contributed by atoms with Gasteiger partial charge in [0.1, 0.15) is 11.9 Å². The van der Waals surface area contributed by atoms with Gasteiger partial charge in [0.25, 0.3) is 0 Å². The van der Waals surface area contributed by atoms with Crippen molar-refractivity contribution in [2.75, 3.05) is 0 Å². The third-order valence-corrected chi connectivity index (χ3v) is 21.7. The number of halogens is 5. The normalized spacial score (nSPS) is 10.7. The number of fused-ring (bicyclic) bond motifs is 1. The third kappa shape index (κ3) is 23.2. The van der Waals surface area contributed by atoms with Crippen molar-refractivity contribution < 1.29 is 46.1 Å². The summed E-state index contributed by atoms with van der Waals surface area (Å²) in [7, 11) is 0. The van der Waals surface area contributed by atoms with E-state index < -0.39 is 41.9 Å². The van der Waals surface area contributed by atoms with Crippen LogP contribution >= 0.6 is 62.3 Å². The molecular formula is C69H77BrCl4N4O2W2-2. The van der Waals surface area contributed by atoms with Gasteiger partial charge < -0.3 is 20.2 Å². The fraction of sp³-hybridized carbons (Fsp3) is 0.275. The Kier molecular flexibility index (Phi) is 28.4. The summed E-state index contributed by atoms with van der Waals surface area (Å²) < 4.78 is 14.4. The Morgan fingerprint density at radius 3 is 1.16 bits per heavy atom. The number of aliphatic hydroxyl groups is 1. The summed E-state index contributed by atoms with van der Waals surface area (Å²) in [5.74, 6) is 0.298. The van der Waals surface area contributed by atoms with Gasteiger partial charge in [-0.25, -0.2) is 0 Å². The average molecular weight is 1580 g/mol. The van der Waals surface area contributed by atoms with Crippen LogP contribution in [0.4, 0.5) is 11.4 Å². The van der Waals surface area contributed by atoms with Crippen molar-refractivity contribution in [3.8, 4) is 16.9 Å². The van der Waals surface area contributed by atoms with Crippen LogP contribution in [0, 0.1) is 80.1 Å². The number of phenolic OH excluding ortho intramolecular Hbond substituents is 1. The summed E-state index contributed by atoms with van der Waals surface area (Å²) in [6.07, 6.45) is -0.545. The van der Waals surface area contributed by atoms with Crippen LogP contribution in [0.15, 0.2) is 157 Å². The number of benzene rings is 7.